The van der Waals surface area contributed by atoms with E-state index in [0.29, 0.717) is 39.8 Å². The Labute approximate surface area is 178 Å². The van der Waals surface area contributed by atoms with Gasteiger partial charge in [0.1, 0.15) is 4.60 Å². The molecule has 0 saturated heterocycles. The predicted molar refractivity (Wildman–Crippen MR) is 118 cm³/mol. The largest absolute Gasteiger partial charge is 0.494 e. The highest BCUT2D eigenvalue weighted by atomic mass is 127. The lowest BCUT2D eigenvalue weighted by Crippen LogP contribution is -2.08. The number of rotatable bonds is 6. The van der Waals surface area contributed by atoms with Crippen molar-refractivity contribution < 1.29 is 9.84 Å². The van der Waals surface area contributed by atoms with Gasteiger partial charge in [-0.25, -0.2) is 4.98 Å². The Morgan fingerprint density at radius 2 is 2.15 bits per heavy atom. The number of hydrogen-bond acceptors (Lipinski definition) is 5. The molecule has 2 heterocycles. The molecule has 8 heteroatoms. The molecule has 0 saturated carbocycles. The zero-order valence-corrected chi connectivity index (χ0v) is 18.2. The van der Waals surface area contributed by atoms with E-state index in [1.54, 1.807) is 12.3 Å². The van der Waals surface area contributed by atoms with E-state index < -0.39 is 0 Å². The van der Waals surface area contributed by atoms with Crippen molar-refractivity contribution >= 4 is 55.5 Å². The fourth-order valence-electron chi connectivity index (χ4n) is 2.54. The lowest BCUT2D eigenvalue weighted by Gasteiger charge is -2.07. The van der Waals surface area contributed by atoms with Gasteiger partial charge in [-0.15, -0.1) is 0 Å². The summed E-state index contributed by atoms with van der Waals surface area (Å²) in [5.41, 5.74) is 0.902. The maximum atomic E-state index is 12.0. The quantitative estimate of drug-likeness (QED) is 0.275. The molecule has 0 aliphatic rings. The van der Waals surface area contributed by atoms with Crippen LogP contribution in [0.1, 0.15) is 24.6 Å². The van der Waals surface area contributed by atoms with Gasteiger partial charge in [0.2, 0.25) is 5.88 Å². The van der Waals surface area contributed by atoms with Crippen LogP contribution >= 0.6 is 38.5 Å². The van der Waals surface area contributed by atoms with Gasteiger partial charge < -0.3 is 9.84 Å². The molecule has 0 fully saturated rings. The minimum atomic E-state index is -0.329. The van der Waals surface area contributed by atoms with Gasteiger partial charge in [0.15, 0.2) is 5.75 Å². The van der Waals surface area contributed by atoms with Gasteiger partial charge in [0, 0.05) is 20.6 Å². The van der Waals surface area contributed by atoms with Crippen molar-refractivity contribution in [3.8, 4) is 11.6 Å². The first kappa shape index (κ1) is 19.8. The van der Waals surface area contributed by atoms with Crippen LogP contribution in [0.25, 0.3) is 10.8 Å². The molecular formula is C19H17BrIN3O3. The van der Waals surface area contributed by atoms with Crippen molar-refractivity contribution in [1.29, 1.82) is 0 Å². The van der Waals surface area contributed by atoms with Gasteiger partial charge in [-0.3, -0.25) is 14.8 Å². The van der Waals surface area contributed by atoms with Crippen molar-refractivity contribution in [3.63, 3.8) is 0 Å². The van der Waals surface area contributed by atoms with Crippen LogP contribution in [0.15, 0.2) is 44.7 Å². The molecule has 1 aromatic carbocycles. The summed E-state index contributed by atoms with van der Waals surface area (Å²) >= 11 is 5.57. The number of pyridine rings is 2. The van der Waals surface area contributed by atoms with Crippen LogP contribution in [0.4, 0.5) is 0 Å². The molecule has 2 aromatic heterocycles. The van der Waals surface area contributed by atoms with Crippen LogP contribution in [0.3, 0.4) is 0 Å². The Morgan fingerprint density at radius 1 is 1.33 bits per heavy atom. The molecule has 0 atom stereocenters. The second-order valence-corrected chi connectivity index (χ2v) is 7.81. The van der Waals surface area contributed by atoms with E-state index in [4.69, 9.17) is 4.74 Å². The van der Waals surface area contributed by atoms with Crippen molar-refractivity contribution in [2.75, 3.05) is 6.61 Å². The average molecular weight is 542 g/mol. The summed E-state index contributed by atoms with van der Waals surface area (Å²) < 4.78 is 7.19. The Morgan fingerprint density at radius 3 is 2.89 bits per heavy atom. The minimum Gasteiger partial charge on any atom is -0.494 e. The molecule has 0 amide bonds. The van der Waals surface area contributed by atoms with Gasteiger partial charge >= 0.3 is 0 Å². The van der Waals surface area contributed by atoms with Crippen LogP contribution in [0, 0.1) is 3.57 Å². The van der Waals surface area contributed by atoms with Crippen molar-refractivity contribution in [2.24, 2.45) is 4.99 Å². The monoisotopic (exact) mass is 541 g/mol. The molecule has 0 radical (unpaired) electrons. The second kappa shape index (κ2) is 8.83. The summed E-state index contributed by atoms with van der Waals surface area (Å²) in [7, 11) is 0. The number of aliphatic imine (C=N–C) groups is 1. The summed E-state index contributed by atoms with van der Waals surface area (Å²) in [6.45, 7) is 3.01. The van der Waals surface area contributed by atoms with E-state index in [-0.39, 0.29) is 11.4 Å². The van der Waals surface area contributed by atoms with Crippen molar-refractivity contribution in [1.82, 2.24) is 9.97 Å². The summed E-state index contributed by atoms with van der Waals surface area (Å²) in [4.78, 5) is 23.3. The number of aromatic nitrogens is 2. The topological polar surface area (TPSA) is 87.6 Å². The number of benzene rings is 1. The Bertz CT molecular complexity index is 1070. The molecule has 27 heavy (non-hydrogen) atoms. The molecule has 2 N–H and O–H groups in total. The van der Waals surface area contributed by atoms with Gasteiger partial charge in [-0.05, 0) is 75.3 Å². The molecule has 3 rings (SSSR count). The SMILES string of the molecule is CCCOc1ccc(CN=Cc2c(O)[nH]c(=O)c3ccc(I)cc23)nc1Br. The third-order valence-electron chi connectivity index (χ3n) is 3.81. The van der Waals surface area contributed by atoms with E-state index in [1.165, 1.54) is 0 Å². The summed E-state index contributed by atoms with van der Waals surface area (Å²) in [6, 6.07) is 9.13. The van der Waals surface area contributed by atoms with Crippen molar-refractivity contribution in [3.05, 3.63) is 60.1 Å². The lowest BCUT2D eigenvalue weighted by atomic mass is 10.1. The third-order valence-corrected chi connectivity index (χ3v) is 5.05. The number of aromatic amines is 1. The maximum Gasteiger partial charge on any atom is 0.258 e. The number of nitrogens with zero attached hydrogens (tertiary/aromatic N) is 2. The number of ether oxygens (including phenoxy) is 1. The van der Waals surface area contributed by atoms with Gasteiger partial charge in [-0.2, -0.15) is 0 Å². The standard InChI is InChI=1S/C19H17BrIN3O3/c1-2-7-27-16-6-4-12(23-17(16)20)9-22-10-15-14-8-11(21)3-5-13(14)18(25)24-19(15)26/h3-6,8,10H,2,7,9H2,1H3,(H2,24,25,26). The maximum absolute atomic E-state index is 12.0. The van der Waals surface area contributed by atoms with Crippen LogP contribution < -0.4 is 10.3 Å². The zero-order valence-electron chi connectivity index (χ0n) is 14.5. The molecule has 0 spiro atoms. The first-order chi connectivity index (χ1) is 13.0. The van der Waals surface area contributed by atoms with E-state index in [0.717, 1.165) is 15.7 Å². The number of nitrogens with one attached hydrogen (secondary N) is 1. The Balaban J connectivity index is 1.86. The number of hydrogen-bond donors (Lipinski definition) is 2. The van der Waals surface area contributed by atoms with Crippen LogP contribution in [0.5, 0.6) is 11.6 Å². The first-order valence-electron chi connectivity index (χ1n) is 8.32. The Kier molecular flexibility index (Phi) is 6.48. The van der Waals surface area contributed by atoms with E-state index >= 15 is 0 Å². The lowest BCUT2D eigenvalue weighted by molar-refractivity contribution is 0.314. The Hall–Kier alpha value is -1.94. The second-order valence-electron chi connectivity index (χ2n) is 5.82. The smallest absolute Gasteiger partial charge is 0.258 e. The molecule has 140 valence electrons. The molecule has 0 aliphatic carbocycles. The van der Waals surface area contributed by atoms with Crippen molar-refractivity contribution in [2.45, 2.75) is 19.9 Å². The highest BCUT2D eigenvalue weighted by Gasteiger charge is 2.10. The first-order valence-corrected chi connectivity index (χ1v) is 10.2. The van der Waals surface area contributed by atoms with Gasteiger partial charge in [0.05, 0.1) is 24.4 Å². The number of fused-ring (bicyclic) bond motifs is 1. The molecular weight excluding hydrogens is 525 g/mol. The van der Waals surface area contributed by atoms with Crippen LogP contribution in [0.2, 0.25) is 0 Å². The summed E-state index contributed by atoms with van der Waals surface area (Å²) in [5, 5.41) is 11.3. The van der Waals surface area contributed by atoms with Crippen LogP contribution in [-0.2, 0) is 6.54 Å². The zero-order chi connectivity index (χ0) is 19.4. The normalized spacial score (nSPS) is 11.4. The highest BCUT2D eigenvalue weighted by molar-refractivity contribution is 14.1. The fraction of sp³-hybridized carbons (Fsp3) is 0.211. The van der Waals surface area contributed by atoms with E-state index in [2.05, 4.69) is 53.5 Å². The molecule has 0 bridgehead atoms. The number of aromatic hydroxyl groups is 1. The minimum absolute atomic E-state index is 0.198. The van der Waals surface area contributed by atoms with Crippen LogP contribution in [-0.4, -0.2) is 27.9 Å². The van der Waals surface area contributed by atoms with E-state index in [1.807, 2.05) is 31.2 Å². The van der Waals surface area contributed by atoms with E-state index in [9.17, 15) is 9.90 Å². The third kappa shape index (κ3) is 4.67. The predicted octanol–water partition coefficient (Wildman–Crippen LogP) is 4.40. The summed E-state index contributed by atoms with van der Waals surface area (Å²) in [5.74, 6) is 0.499. The number of H-pyrrole nitrogens is 1. The molecule has 0 aliphatic heterocycles. The molecule has 6 nitrogen and oxygen atoms in total. The summed E-state index contributed by atoms with van der Waals surface area (Å²) in [6.07, 6.45) is 2.48. The highest BCUT2D eigenvalue weighted by Crippen LogP contribution is 2.24. The number of halogens is 2. The molecule has 3 aromatic rings. The fourth-order valence-corrected chi connectivity index (χ4v) is 3.50. The van der Waals surface area contributed by atoms with Gasteiger partial charge in [-0.1, -0.05) is 6.92 Å². The average Bonchev–Trinajstić information content (AvgIpc) is 2.63. The molecule has 0 unspecified atom stereocenters. The van der Waals surface area contributed by atoms with Gasteiger partial charge in [0.25, 0.3) is 5.56 Å².